The molecule has 0 fully saturated rings. The number of tetrazole rings is 1. The number of thioether (sulfide) groups is 1. The third-order valence-electron chi connectivity index (χ3n) is 2.51. The molecule has 6 nitrogen and oxygen atoms in total. The lowest BCUT2D eigenvalue weighted by Gasteiger charge is -2.09. The van der Waals surface area contributed by atoms with Crippen molar-refractivity contribution in [3.05, 3.63) is 29.8 Å². The Labute approximate surface area is 115 Å². The summed E-state index contributed by atoms with van der Waals surface area (Å²) < 4.78 is 1.64. The molecule has 0 aliphatic heterocycles. The topological polar surface area (TPSA) is 63.9 Å². The number of carbonyl (C=O) groups is 1. The maximum Gasteiger partial charge on any atom is 0.232 e. The molecule has 100 valence electrons. The van der Waals surface area contributed by atoms with Crippen LogP contribution in [0.4, 0.5) is 0 Å². The number of hydrogen-bond donors (Lipinski definition) is 0. The molecule has 1 aromatic carbocycles. The van der Waals surface area contributed by atoms with Crippen molar-refractivity contribution in [2.24, 2.45) is 0 Å². The van der Waals surface area contributed by atoms with E-state index in [2.05, 4.69) is 15.5 Å². The van der Waals surface area contributed by atoms with Crippen LogP contribution in [0.3, 0.4) is 0 Å². The van der Waals surface area contributed by atoms with Gasteiger partial charge < -0.3 is 4.90 Å². The fraction of sp³-hybridized carbons (Fsp3) is 0.333. The summed E-state index contributed by atoms with van der Waals surface area (Å²) in [7, 11) is 3.46. The van der Waals surface area contributed by atoms with Crippen molar-refractivity contribution >= 4 is 17.7 Å². The number of benzene rings is 1. The van der Waals surface area contributed by atoms with Crippen LogP contribution < -0.4 is 0 Å². The second-order valence-corrected chi connectivity index (χ2v) is 5.23. The first-order valence-electron chi connectivity index (χ1n) is 5.76. The van der Waals surface area contributed by atoms with Gasteiger partial charge in [-0.3, -0.25) is 4.79 Å². The van der Waals surface area contributed by atoms with Gasteiger partial charge >= 0.3 is 0 Å². The van der Waals surface area contributed by atoms with E-state index in [1.54, 1.807) is 23.7 Å². The first-order valence-corrected chi connectivity index (χ1v) is 6.75. The van der Waals surface area contributed by atoms with Gasteiger partial charge in [-0.2, -0.15) is 4.68 Å². The van der Waals surface area contributed by atoms with Gasteiger partial charge in [0.25, 0.3) is 0 Å². The van der Waals surface area contributed by atoms with Crippen LogP contribution in [0.2, 0.25) is 0 Å². The van der Waals surface area contributed by atoms with E-state index >= 15 is 0 Å². The number of aromatic nitrogens is 4. The summed E-state index contributed by atoms with van der Waals surface area (Å²) in [4.78, 5) is 13.1. The smallest absolute Gasteiger partial charge is 0.232 e. The summed E-state index contributed by atoms with van der Waals surface area (Å²) in [5.74, 6) is 0.350. The van der Waals surface area contributed by atoms with Gasteiger partial charge in [-0.15, -0.1) is 5.10 Å². The molecule has 0 saturated carbocycles. The lowest BCUT2D eigenvalue weighted by atomic mass is 10.2. The molecule has 0 aliphatic rings. The minimum absolute atomic E-state index is 0.0313. The van der Waals surface area contributed by atoms with Gasteiger partial charge in [-0.25, -0.2) is 0 Å². The Morgan fingerprint density at radius 1 is 1.42 bits per heavy atom. The van der Waals surface area contributed by atoms with Crippen LogP contribution in [0.15, 0.2) is 29.4 Å². The molecule has 0 N–H and O–H groups in total. The molecule has 1 heterocycles. The Kier molecular flexibility index (Phi) is 4.16. The van der Waals surface area contributed by atoms with Gasteiger partial charge in [0, 0.05) is 14.1 Å². The van der Waals surface area contributed by atoms with E-state index in [0.29, 0.717) is 10.9 Å². The average molecular weight is 277 g/mol. The minimum Gasteiger partial charge on any atom is -0.348 e. The van der Waals surface area contributed by atoms with Crippen LogP contribution in [0.5, 0.6) is 0 Å². The number of carbonyl (C=O) groups excluding carboxylic acids is 1. The zero-order valence-electron chi connectivity index (χ0n) is 11.1. The highest BCUT2D eigenvalue weighted by Gasteiger charge is 2.12. The van der Waals surface area contributed by atoms with Crippen LogP contribution >= 0.6 is 11.8 Å². The monoisotopic (exact) mass is 277 g/mol. The third kappa shape index (κ3) is 3.31. The molecule has 19 heavy (non-hydrogen) atoms. The largest absolute Gasteiger partial charge is 0.348 e. The Morgan fingerprint density at radius 3 is 2.89 bits per heavy atom. The molecule has 0 aliphatic carbocycles. The van der Waals surface area contributed by atoms with Crippen LogP contribution in [0.25, 0.3) is 5.69 Å². The predicted octanol–water partition coefficient (Wildman–Crippen LogP) is 1.15. The highest BCUT2D eigenvalue weighted by molar-refractivity contribution is 7.99. The average Bonchev–Trinajstić information content (AvgIpc) is 2.84. The Hall–Kier alpha value is -1.89. The number of nitrogens with zero attached hydrogens (tertiary/aromatic N) is 5. The summed E-state index contributed by atoms with van der Waals surface area (Å²) in [5.41, 5.74) is 2.03. The van der Waals surface area contributed by atoms with E-state index in [-0.39, 0.29) is 5.91 Å². The first kappa shape index (κ1) is 13.5. The zero-order valence-corrected chi connectivity index (χ0v) is 11.9. The molecular weight excluding hydrogens is 262 g/mol. The van der Waals surface area contributed by atoms with E-state index < -0.39 is 0 Å². The molecule has 1 aromatic heterocycles. The molecule has 0 radical (unpaired) electrons. The fourth-order valence-electron chi connectivity index (χ4n) is 1.45. The van der Waals surface area contributed by atoms with Crippen molar-refractivity contribution in [2.75, 3.05) is 19.8 Å². The Morgan fingerprint density at radius 2 is 2.21 bits per heavy atom. The lowest BCUT2D eigenvalue weighted by Crippen LogP contribution is -2.23. The number of amides is 1. The van der Waals surface area contributed by atoms with Crippen LogP contribution in [-0.4, -0.2) is 50.9 Å². The third-order valence-corrected chi connectivity index (χ3v) is 3.41. The standard InChI is InChI=1S/C12H15N5OS/c1-9-5-4-6-10(7-9)17-12(13-14-15-17)19-8-11(18)16(2)3/h4-7H,8H2,1-3H3. The van der Waals surface area contributed by atoms with Gasteiger partial charge in [-0.05, 0) is 35.0 Å². The minimum atomic E-state index is 0.0313. The molecule has 2 rings (SSSR count). The molecule has 0 bridgehead atoms. The van der Waals surface area contributed by atoms with Gasteiger partial charge in [0.05, 0.1) is 11.4 Å². The summed E-state index contributed by atoms with van der Waals surface area (Å²) in [6, 6.07) is 7.89. The molecular formula is C12H15N5OS. The van der Waals surface area contributed by atoms with E-state index in [9.17, 15) is 4.79 Å². The Balaban J connectivity index is 2.16. The SMILES string of the molecule is Cc1cccc(-n2nnnc2SCC(=O)N(C)C)c1. The molecule has 2 aromatic rings. The summed E-state index contributed by atoms with van der Waals surface area (Å²) >= 11 is 1.33. The van der Waals surface area contributed by atoms with Crippen molar-refractivity contribution in [3.63, 3.8) is 0 Å². The van der Waals surface area contributed by atoms with Crippen molar-refractivity contribution in [3.8, 4) is 5.69 Å². The summed E-state index contributed by atoms with van der Waals surface area (Å²) in [5, 5.41) is 12.2. The fourth-order valence-corrected chi connectivity index (χ4v) is 2.32. The molecule has 7 heteroatoms. The molecule has 0 spiro atoms. The maximum atomic E-state index is 11.6. The number of aryl methyl sites for hydroxylation is 1. The van der Waals surface area contributed by atoms with Crippen molar-refractivity contribution in [1.29, 1.82) is 0 Å². The van der Waals surface area contributed by atoms with Gasteiger partial charge in [0.15, 0.2) is 0 Å². The molecule has 0 atom stereocenters. The molecule has 1 amide bonds. The van der Waals surface area contributed by atoms with E-state index in [1.165, 1.54) is 11.8 Å². The zero-order chi connectivity index (χ0) is 13.8. The summed E-state index contributed by atoms with van der Waals surface area (Å²) in [6.45, 7) is 2.01. The van der Waals surface area contributed by atoms with Crippen molar-refractivity contribution < 1.29 is 4.79 Å². The Bertz CT molecular complexity index is 581. The highest BCUT2D eigenvalue weighted by atomic mass is 32.2. The van der Waals surface area contributed by atoms with E-state index in [1.807, 2.05) is 31.2 Å². The number of hydrogen-bond acceptors (Lipinski definition) is 5. The van der Waals surface area contributed by atoms with Crippen LogP contribution in [-0.2, 0) is 4.79 Å². The highest BCUT2D eigenvalue weighted by Crippen LogP contribution is 2.18. The number of rotatable bonds is 4. The van der Waals surface area contributed by atoms with E-state index in [4.69, 9.17) is 0 Å². The van der Waals surface area contributed by atoms with Crippen molar-refractivity contribution in [1.82, 2.24) is 25.1 Å². The van der Waals surface area contributed by atoms with Gasteiger partial charge in [0.1, 0.15) is 0 Å². The normalized spacial score (nSPS) is 10.5. The molecule has 0 unspecified atom stereocenters. The van der Waals surface area contributed by atoms with Gasteiger partial charge in [0.2, 0.25) is 11.1 Å². The van der Waals surface area contributed by atoms with Gasteiger partial charge in [-0.1, -0.05) is 23.9 Å². The van der Waals surface area contributed by atoms with E-state index in [0.717, 1.165) is 11.3 Å². The first-order chi connectivity index (χ1) is 9.08. The molecule has 0 saturated heterocycles. The lowest BCUT2D eigenvalue weighted by molar-refractivity contribution is -0.125. The predicted molar refractivity (Wildman–Crippen MR) is 73.3 cm³/mol. The maximum absolute atomic E-state index is 11.6. The van der Waals surface area contributed by atoms with Crippen molar-refractivity contribution in [2.45, 2.75) is 12.1 Å². The van der Waals surface area contributed by atoms with Crippen LogP contribution in [0, 0.1) is 6.92 Å². The summed E-state index contributed by atoms with van der Waals surface area (Å²) in [6.07, 6.45) is 0. The second kappa shape index (κ2) is 5.83. The van der Waals surface area contributed by atoms with Crippen LogP contribution in [0.1, 0.15) is 5.56 Å². The quantitative estimate of drug-likeness (QED) is 0.784. The second-order valence-electron chi connectivity index (χ2n) is 4.29.